The lowest BCUT2D eigenvalue weighted by atomic mass is 9.89. The quantitative estimate of drug-likeness (QED) is 0.372. The second-order valence-corrected chi connectivity index (χ2v) is 12.6. The van der Waals surface area contributed by atoms with E-state index in [1.165, 1.54) is 32.1 Å². The largest absolute Gasteiger partial charge is 0.488 e. The molecule has 2 heterocycles. The van der Waals surface area contributed by atoms with Gasteiger partial charge >= 0.3 is 0 Å². The van der Waals surface area contributed by atoms with Gasteiger partial charge in [0.1, 0.15) is 11.9 Å². The molecule has 0 saturated heterocycles. The Morgan fingerprint density at radius 2 is 1.90 bits per heavy atom. The highest BCUT2D eigenvalue weighted by atomic mass is 16.5. The maximum atomic E-state index is 13.8. The Morgan fingerprint density at radius 1 is 1.14 bits per heavy atom. The number of benzene rings is 2. The SMILES string of the molecule is C[C@@H]1CN([C@H](C)CO)C(=O)c2cc(NC(=O)Cc3cn(C)c4ccccc34)ccc2O[C@H]1CN(C)CC1CCCCC1. The van der Waals surface area contributed by atoms with E-state index in [1.807, 2.05) is 55.1 Å². The number of hydrogen-bond donors (Lipinski definition) is 2. The van der Waals surface area contributed by atoms with E-state index < -0.39 is 0 Å². The molecule has 5 rings (SSSR count). The van der Waals surface area contributed by atoms with Crippen molar-refractivity contribution >= 4 is 28.4 Å². The summed E-state index contributed by atoms with van der Waals surface area (Å²) in [6.07, 6.45) is 8.66. The predicted molar refractivity (Wildman–Crippen MR) is 167 cm³/mol. The molecule has 42 heavy (non-hydrogen) atoms. The molecule has 2 N–H and O–H groups in total. The molecular weight excluding hydrogens is 528 g/mol. The number of aliphatic hydroxyl groups is 1. The number of aromatic nitrogens is 1. The van der Waals surface area contributed by atoms with E-state index in [2.05, 4.69) is 24.2 Å². The second kappa shape index (κ2) is 13.3. The number of carbonyl (C=O) groups is 2. The van der Waals surface area contributed by atoms with E-state index >= 15 is 0 Å². The molecular formula is C34H46N4O4. The van der Waals surface area contributed by atoms with Crippen LogP contribution in [0.25, 0.3) is 10.9 Å². The van der Waals surface area contributed by atoms with E-state index in [0.29, 0.717) is 23.5 Å². The van der Waals surface area contributed by atoms with Crippen LogP contribution in [0.2, 0.25) is 0 Å². The molecule has 1 fully saturated rings. The molecule has 2 aromatic carbocycles. The number of nitrogens with one attached hydrogen (secondary N) is 1. The third-order valence-corrected chi connectivity index (χ3v) is 9.07. The Bertz CT molecular complexity index is 1400. The molecule has 0 spiro atoms. The number of hydrogen-bond acceptors (Lipinski definition) is 5. The van der Waals surface area contributed by atoms with Gasteiger partial charge < -0.3 is 29.5 Å². The van der Waals surface area contributed by atoms with Crippen molar-refractivity contribution in [3.05, 3.63) is 59.8 Å². The standard InChI is InChI=1S/C34H46N4O4/c1-23-18-38(24(2)22-39)34(41)29-17-27(35-33(40)16-26-20-37(4)30-13-9-8-12-28(26)30)14-15-31(29)42-32(23)21-36(3)19-25-10-6-5-7-11-25/h8-9,12-15,17,20,23-25,32,39H,5-7,10-11,16,18-19,21-22H2,1-4H3,(H,35,40)/t23-,24-,32+/m1/s1. The van der Waals surface area contributed by atoms with Gasteiger partial charge in [-0.1, -0.05) is 44.4 Å². The van der Waals surface area contributed by atoms with Gasteiger partial charge in [0, 0.05) is 55.4 Å². The van der Waals surface area contributed by atoms with Crippen LogP contribution < -0.4 is 10.1 Å². The molecule has 0 unspecified atom stereocenters. The highest BCUT2D eigenvalue weighted by Crippen LogP contribution is 2.31. The van der Waals surface area contributed by atoms with Crippen molar-refractivity contribution in [1.29, 1.82) is 0 Å². The van der Waals surface area contributed by atoms with Crippen molar-refractivity contribution in [3.63, 3.8) is 0 Å². The summed E-state index contributed by atoms with van der Waals surface area (Å²) in [4.78, 5) is 31.1. The summed E-state index contributed by atoms with van der Waals surface area (Å²) in [5.41, 5.74) is 2.99. The van der Waals surface area contributed by atoms with Crippen LogP contribution in [0.1, 0.15) is 61.9 Å². The number of aryl methyl sites for hydroxylation is 1. The van der Waals surface area contributed by atoms with Gasteiger partial charge in [0.2, 0.25) is 5.91 Å². The first-order valence-corrected chi connectivity index (χ1v) is 15.5. The lowest BCUT2D eigenvalue weighted by Gasteiger charge is -2.38. The van der Waals surface area contributed by atoms with Gasteiger partial charge in [-0.15, -0.1) is 0 Å². The second-order valence-electron chi connectivity index (χ2n) is 12.6. The van der Waals surface area contributed by atoms with E-state index in [0.717, 1.165) is 35.5 Å². The summed E-state index contributed by atoms with van der Waals surface area (Å²) in [6.45, 7) is 6.16. The smallest absolute Gasteiger partial charge is 0.258 e. The Labute approximate surface area is 249 Å². The lowest BCUT2D eigenvalue weighted by Crippen LogP contribution is -2.50. The highest BCUT2D eigenvalue weighted by molar-refractivity contribution is 6.00. The van der Waals surface area contributed by atoms with Crippen LogP contribution in [0.15, 0.2) is 48.7 Å². The zero-order valence-corrected chi connectivity index (χ0v) is 25.5. The fourth-order valence-corrected chi connectivity index (χ4v) is 6.66. The van der Waals surface area contributed by atoms with Gasteiger partial charge in [-0.2, -0.15) is 0 Å². The Kier molecular flexibility index (Phi) is 9.53. The molecule has 1 saturated carbocycles. The molecule has 3 aromatic rings. The molecule has 0 radical (unpaired) electrons. The predicted octanol–water partition coefficient (Wildman–Crippen LogP) is 5.09. The van der Waals surface area contributed by atoms with Crippen LogP contribution >= 0.6 is 0 Å². The highest BCUT2D eigenvalue weighted by Gasteiger charge is 2.34. The molecule has 8 nitrogen and oxygen atoms in total. The molecule has 1 aromatic heterocycles. The number of anilines is 1. The van der Waals surface area contributed by atoms with Crippen LogP contribution in [-0.2, 0) is 18.3 Å². The lowest BCUT2D eigenvalue weighted by molar-refractivity contribution is -0.115. The first-order chi connectivity index (χ1) is 20.2. The number of ether oxygens (including phenoxy) is 1. The van der Waals surface area contributed by atoms with E-state index in [-0.39, 0.29) is 42.9 Å². The molecule has 1 aliphatic heterocycles. The Hall–Kier alpha value is -3.36. The number of rotatable bonds is 9. The van der Waals surface area contributed by atoms with Gasteiger partial charge in [-0.05, 0) is 62.6 Å². The Morgan fingerprint density at radius 3 is 2.67 bits per heavy atom. The number of carbonyl (C=O) groups excluding carboxylic acids is 2. The van der Waals surface area contributed by atoms with E-state index in [4.69, 9.17) is 4.74 Å². The zero-order chi connectivity index (χ0) is 29.8. The normalized spacial score (nSPS) is 20.6. The Balaban J connectivity index is 1.35. The molecule has 0 bridgehead atoms. The number of amides is 2. The van der Waals surface area contributed by atoms with E-state index in [1.54, 1.807) is 17.0 Å². The molecule has 8 heteroatoms. The average Bonchev–Trinajstić information content (AvgIpc) is 3.29. The van der Waals surface area contributed by atoms with Crippen molar-refractivity contribution in [1.82, 2.24) is 14.4 Å². The number of para-hydroxylation sites is 1. The van der Waals surface area contributed by atoms with Crippen LogP contribution in [0.4, 0.5) is 5.69 Å². The van der Waals surface area contributed by atoms with Crippen LogP contribution in [-0.4, -0.2) is 76.7 Å². The summed E-state index contributed by atoms with van der Waals surface area (Å²) < 4.78 is 8.61. The number of nitrogens with zero attached hydrogens (tertiary/aromatic N) is 3. The average molecular weight is 575 g/mol. The minimum atomic E-state index is -0.337. The monoisotopic (exact) mass is 574 g/mol. The molecule has 3 atom stereocenters. The third-order valence-electron chi connectivity index (χ3n) is 9.07. The molecule has 2 amide bonds. The third kappa shape index (κ3) is 6.81. The first kappa shape index (κ1) is 30.1. The minimum Gasteiger partial charge on any atom is -0.488 e. The minimum absolute atomic E-state index is 0.0741. The van der Waals surface area contributed by atoms with Crippen LogP contribution in [0, 0.1) is 11.8 Å². The number of fused-ring (bicyclic) bond motifs is 2. The van der Waals surface area contributed by atoms with E-state index in [9.17, 15) is 14.7 Å². The molecule has 2 aliphatic rings. The van der Waals surface area contributed by atoms with Crippen molar-refractivity contribution in [2.75, 3.05) is 38.6 Å². The first-order valence-electron chi connectivity index (χ1n) is 15.5. The van der Waals surface area contributed by atoms with Crippen LogP contribution in [0.5, 0.6) is 5.75 Å². The summed E-state index contributed by atoms with van der Waals surface area (Å²) in [7, 11) is 4.14. The van der Waals surface area contributed by atoms with Crippen molar-refractivity contribution in [2.45, 2.75) is 64.5 Å². The summed E-state index contributed by atoms with van der Waals surface area (Å²) >= 11 is 0. The number of likely N-dealkylation sites (N-methyl/N-ethyl adjacent to an activating group) is 1. The summed E-state index contributed by atoms with van der Waals surface area (Å²) in [6, 6.07) is 13.0. The zero-order valence-electron chi connectivity index (χ0n) is 25.5. The maximum Gasteiger partial charge on any atom is 0.258 e. The van der Waals surface area contributed by atoms with Gasteiger partial charge in [0.15, 0.2) is 0 Å². The topological polar surface area (TPSA) is 87.0 Å². The van der Waals surface area contributed by atoms with Crippen molar-refractivity contribution in [2.24, 2.45) is 18.9 Å². The van der Waals surface area contributed by atoms with Gasteiger partial charge in [-0.25, -0.2) is 0 Å². The van der Waals surface area contributed by atoms with Gasteiger partial charge in [-0.3, -0.25) is 9.59 Å². The molecule has 226 valence electrons. The van der Waals surface area contributed by atoms with Crippen molar-refractivity contribution in [3.8, 4) is 5.75 Å². The van der Waals surface area contributed by atoms with Gasteiger partial charge in [0.25, 0.3) is 5.91 Å². The van der Waals surface area contributed by atoms with Gasteiger partial charge in [0.05, 0.1) is 24.6 Å². The summed E-state index contributed by atoms with van der Waals surface area (Å²) in [5.74, 6) is 0.974. The maximum absolute atomic E-state index is 13.8. The van der Waals surface area contributed by atoms with Crippen LogP contribution in [0.3, 0.4) is 0 Å². The molecule has 1 aliphatic carbocycles. The fraction of sp³-hybridized carbons (Fsp3) is 0.529. The fourth-order valence-electron chi connectivity index (χ4n) is 6.66. The summed E-state index contributed by atoms with van der Waals surface area (Å²) in [5, 5.41) is 14.0. The van der Waals surface area contributed by atoms with Crippen molar-refractivity contribution < 1.29 is 19.4 Å². The number of aliphatic hydroxyl groups excluding tert-OH is 1.